The van der Waals surface area contributed by atoms with Crippen LogP contribution in [0.25, 0.3) is 0 Å². The summed E-state index contributed by atoms with van der Waals surface area (Å²) in [4.78, 5) is 4.31. The van der Waals surface area contributed by atoms with Crippen molar-refractivity contribution in [3.8, 4) is 5.88 Å². The largest absolute Gasteiger partial charge is 0.481 e. The van der Waals surface area contributed by atoms with Crippen LogP contribution in [0, 0.1) is 0 Å². The molecule has 2 aromatic rings. The molecule has 96 valence electrons. The van der Waals surface area contributed by atoms with Gasteiger partial charge in [-0.3, -0.25) is 0 Å². The van der Waals surface area contributed by atoms with Crippen molar-refractivity contribution in [2.75, 3.05) is 13.7 Å². The van der Waals surface area contributed by atoms with E-state index >= 15 is 0 Å². The maximum Gasteiger partial charge on any atom is 0.213 e. The molecule has 0 spiro atoms. The summed E-state index contributed by atoms with van der Waals surface area (Å²) >= 11 is 0. The molecule has 0 saturated heterocycles. The summed E-state index contributed by atoms with van der Waals surface area (Å²) in [6.45, 7) is 0.730. The maximum atomic E-state index is 8.75. The second-order valence-corrected chi connectivity index (χ2v) is 3.91. The van der Waals surface area contributed by atoms with E-state index in [1.54, 1.807) is 17.9 Å². The molecule has 0 saturated carbocycles. The van der Waals surface area contributed by atoms with E-state index in [1.165, 1.54) is 0 Å². The minimum absolute atomic E-state index is 0.171. The first-order valence-corrected chi connectivity index (χ1v) is 5.81. The Morgan fingerprint density at radius 3 is 3.00 bits per heavy atom. The van der Waals surface area contributed by atoms with Crippen LogP contribution >= 0.6 is 0 Å². The summed E-state index contributed by atoms with van der Waals surface area (Å²) in [5, 5.41) is 16.8. The average Bonchev–Trinajstić information content (AvgIpc) is 2.84. The molecule has 0 atom stereocenters. The Labute approximate surface area is 105 Å². The molecule has 18 heavy (non-hydrogen) atoms. The topological polar surface area (TPSA) is 73.1 Å². The molecule has 0 aliphatic heterocycles. The third-order valence-electron chi connectivity index (χ3n) is 2.49. The molecule has 0 fully saturated rings. The second-order valence-electron chi connectivity index (χ2n) is 3.91. The van der Waals surface area contributed by atoms with E-state index in [2.05, 4.69) is 15.3 Å². The van der Waals surface area contributed by atoms with E-state index in [4.69, 9.17) is 9.84 Å². The van der Waals surface area contributed by atoms with Gasteiger partial charge in [-0.05, 0) is 18.9 Å². The van der Waals surface area contributed by atoms with Gasteiger partial charge in [0.05, 0.1) is 25.0 Å². The van der Waals surface area contributed by atoms with Crippen molar-refractivity contribution in [2.45, 2.75) is 19.4 Å². The van der Waals surface area contributed by atoms with Crippen LogP contribution in [0.3, 0.4) is 0 Å². The van der Waals surface area contributed by atoms with Crippen molar-refractivity contribution in [2.24, 2.45) is 0 Å². The van der Waals surface area contributed by atoms with Crippen molar-refractivity contribution < 1.29 is 9.84 Å². The van der Waals surface area contributed by atoms with Gasteiger partial charge >= 0.3 is 0 Å². The molecule has 0 aromatic carbocycles. The van der Waals surface area contributed by atoms with Crippen LogP contribution in [0.5, 0.6) is 5.88 Å². The van der Waals surface area contributed by atoms with E-state index in [0.29, 0.717) is 18.8 Å². The third kappa shape index (κ3) is 3.27. The number of methoxy groups -OCH3 is 1. The van der Waals surface area contributed by atoms with Gasteiger partial charge in [0.2, 0.25) is 5.88 Å². The van der Waals surface area contributed by atoms with Gasteiger partial charge < -0.3 is 9.84 Å². The highest BCUT2D eigenvalue weighted by Gasteiger charge is 2.03. The van der Waals surface area contributed by atoms with Crippen LogP contribution in [-0.2, 0) is 13.0 Å². The smallest absolute Gasteiger partial charge is 0.213 e. The predicted octanol–water partition coefficient (Wildman–Crippen LogP) is 0.655. The SMILES string of the molecule is COc1cccc(Cn2cc(CCCO)nn2)n1. The summed E-state index contributed by atoms with van der Waals surface area (Å²) < 4.78 is 6.80. The first kappa shape index (κ1) is 12.5. The molecule has 0 amide bonds. The number of nitrogens with zero attached hydrogens (tertiary/aromatic N) is 4. The van der Waals surface area contributed by atoms with Crippen LogP contribution in [0.1, 0.15) is 17.8 Å². The highest BCUT2D eigenvalue weighted by molar-refractivity contribution is 5.15. The van der Waals surface area contributed by atoms with Crippen LogP contribution < -0.4 is 4.74 Å². The zero-order chi connectivity index (χ0) is 12.8. The summed E-state index contributed by atoms with van der Waals surface area (Å²) in [6.07, 6.45) is 3.31. The highest BCUT2D eigenvalue weighted by Crippen LogP contribution is 2.08. The number of aryl methyl sites for hydroxylation is 1. The first-order chi connectivity index (χ1) is 8.81. The van der Waals surface area contributed by atoms with E-state index < -0.39 is 0 Å². The molecular weight excluding hydrogens is 232 g/mol. The molecule has 1 N–H and O–H groups in total. The standard InChI is InChI=1S/C12H16N4O2/c1-18-12-6-2-4-10(13-12)8-16-9-11(14-15-16)5-3-7-17/h2,4,6,9,17H,3,5,7-8H2,1H3. The Balaban J connectivity index is 2.01. The number of ether oxygens (including phenoxy) is 1. The van der Waals surface area contributed by atoms with E-state index in [-0.39, 0.29) is 6.61 Å². The van der Waals surface area contributed by atoms with Crippen LogP contribution in [0.15, 0.2) is 24.4 Å². The quantitative estimate of drug-likeness (QED) is 0.812. The molecule has 2 heterocycles. The van der Waals surface area contributed by atoms with Gasteiger partial charge in [-0.25, -0.2) is 9.67 Å². The molecule has 2 rings (SSSR count). The molecule has 0 radical (unpaired) electrons. The van der Waals surface area contributed by atoms with Gasteiger partial charge in [0.25, 0.3) is 0 Å². The van der Waals surface area contributed by atoms with Crippen molar-refractivity contribution >= 4 is 0 Å². The van der Waals surface area contributed by atoms with E-state index in [0.717, 1.165) is 17.8 Å². The Hall–Kier alpha value is -1.95. The molecule has 0 bridgehead atoms. The van der Waals surface area contributed by atoms with Gasteiger partial charge in [-0.15, -0.1) is 5.10 Å². The fourth-order valence-electron chi connectivity index (χ4n) is 1.62. The highest BCUT2D eigenvalue weighted by atomic mass is 16.5. The van der Waals surface area contributed by atoms with Gasteiger partial charge in [0.1, 0.15) is 0 Å². The van der Waals surface area contributed by atoms with E-state index in [1.807, 2.05) is 18.3 Å². The lowest BCUT2D eigenvalue weighted by atomic mass is 10.2. The number of pyridine rings is 1. The van der Waals surface area contributed by atoms with Gasteiger partial charge in [-0.1, -0.05) is 11.3 Å². The zero-order valence-corrected chi connectivity index (χ0v) is 10.3. The summed E-state index contributed by atoms with van der Waals surface area (Å²) in [6, 6.07) is 5.61. The Morgan fingerprint density at radius 1 is 1.33 bits per heavy atom. The number of hydrogen-bond donors (Lipinski definition) is 1. The molecule has 6 heteroatoms. The second kappa shape index (κ2) is 6.11. The minimum Gasteiger partial charge on any atom is -0.481 e. The molecule has 2 aromatic heterocycles. The van der Waals surface area contributed by atoms with Crippen molar-refractivity contribution in [1.29, 1.82) is 0 Å². The summed E-state index contributed by atoms with van der Waals surface area (Å²) in [7, 11) is 1.59. The number of rotatable bonds is 6. The van der Waals surface area contributed by atoms with Gasteiger partial charge in [0, 0.05) is 18.9 Å². The van der Waals surface area contributed by atoms with Crippen LogP contribution in [0.2, 0.25) is 0 Å². The Kier molecular flexibility index (Phi) is 4.25. The maximum absolute atomic E-state index is 8.75. The van der Waals surface area contributed by atoms with Crippen molar-refractivity contribution in [3.05, 3.63) is 35.8 Å². The third-order valence-corrected chi connectivity index (χ3v) is 2.49. The van der Waals surface area contributed by atoms with Gasteiger partial charge in [-0.2, -0.15) is 0 Å². The molecule has 0 aliphatic carbocycles. The minimum atomic E-state index is 0.171. The monoisotopic (exact) mass is 248 g/mol. The Morgan fingerprint density at radius 2 is 2.22 bits per heavy atom. The zero-order valence-electron chi connectivity index (χ0n) is 10.3. The molecule has 0 aliphatic rings. The molecule has 0 unspecified atom stereocenters. The van der Waals surface area contributed by atoms with Crippen LogP contribution in [0.4, 0.5) is 0 Å². The number of aliphatic hydroxyl groups is 1. The fraction of sp³-hybridized carbons (Fsp3) is 0.417. The van der Waals surface area contributed by atoms with Crippen molar-refractivity contribution in [1.82, 2.24) is 20.0 Å². The first-order valence-electron chi connectivity index (χ1n) is 5.81. The average molecular weight is 248 g/mol. The number of hydrogen-bond acceptors (Lipinski definition) is 5. The number of aromatic nitrogens is 4. The summed E-state index contributed by atoms with van der Waals surface area (Å²) in [5.74, 6) is 0.591. The lowest BCUT2D eigenvalue weighted by Gasteiger charge is -2.02. The lowest BCUT2D eigenvalue weighted by Crippen LogP contribution is -2.03. The Bertz CT molecular complexity index is 498. The fourth-order valence-corrected chi connectivity index (χ4v) is 1.62. The van der Waals surface area contributed by atoms with Crippen LogP contribution in [-0.4, -0.2) is 38.8 Å². The van der Waals surface area contributed by atoms with E-state index in [9.17, 15) is 0 Å². The lowest BCUT2D eigenvalue weighted by molar-refractivity contribution is 0.288. The van der Waals surface area contributed by atoms with Crippen molar-refractivity contribution in [3.63, 3.8) is 0 Å². The number of aliphatic hydroxyl groups excluding tert-OH is 1. The summed E-state index contributed by atoms with van der Waals surface area (Å²) in [5.41, 5.74) is 1.75. The molecule has 6 nitrogen and oxygen atoms in total. The van der Waals surface area contributed by atoms with Gasteiger partial charge in [0.15, 0.2) is 0 Å². The normalized spacial score (nSPS) is 10.6. The molecular formula is C12H16N4O2. The predicted molar refractivity (Wildman–Crippen MR) is 65.3 cm³/mol.